The summed E-state index contributed by atoms with van der Waals surface area (Å²) in [5.74, 6) is -3.43. The molecule has 7 nitrogen and oxygen atoms in total. The van der Waals surface area contributed by atoms with Gasteiger partial charge in [-0.15, -0.1) is 0 Å². The van der Waals surface area contributed by atoms with Crippen LogP contribution in [0.25, 0.3) is 0 Å². The van der Waals surface area contributed by atoms with Crippen LogP contribution >= 0.6 is 0 Å². The number of benzene rings is 2. The Bertz CT molecular complexity index is 1390. The normalized spacial score (nSPS) is 19.9. The van der Waals surface area contributed by atoms with Crippen molar-refractivity contribution < 1.29 is 50.2 Å². The Morgan fingerprint density at radius 3 is 2.00 bits per heavy atom. The number of rotatable bonds is 6. The first-order chi connectivity index (χ1) is 21.0. The predicted molar refractivity (Wildman–Crippen MR) is 148 cm³/mol. The zero-order valence-corrected chi connectivity index (χ0v) is 24.7. The summed E-state index contributed by atoms with van der Waals surface area (Å²) in [7, 11) is 1.30. The van der Waals surface area contributed by atoms with E-state index in [1.54, 1.807) is 11.8 Å². The van der Waals surface area contributed by atoms with Crippen LogP contribution < -0.4 is 0 Å². The molecule has 0 radical (unpaired) electrons. The topological polar surface area (TPSA) is 81.2 Å². The van der Waals surface area contributed by atoms with Gasteiger partial charge in [0.25, 0.3) is 0 Å². The standard InChI is InChI=1S/C31H34F7N3O4/c1-18-11-23(32)3-4-24(18)26-16-41(28(44)20-5-8-40(9-6-20)27(43)17-42)10-7-25(26)29(45)39(2)15-19-12-21(30(33,34)35)14-22(13-19)31(36,37)38/h3-4,11-14,20,25-26,42H,5-10,15-17H2,1-2H3/t25-,26+/m0/s1. The number of aliphatic hydroxyl groups is 1. The summed E-state index contributed by atoms with van der Waals surface area (Å²) in [4.78, 5) is 43.3. The minimum atomic E-state index is -5.03. The molecular formula is C31H34F7N3O4. The Kier molecular flexibility index (Phi) is 10.1. The van der Waals surface area contributed by atoms with Crippen molar-refractivity contribution in [2.24, 2.45) is 11.8 Å². The number of likely N-dealkylation sites (tertiary alicyclic amines) is 2. The quantitative estimate of drug-likeness (QED) is 0.449. The van der Waals surface area contributed by atoms with Gasteiger partial charge in [0.2, 0.25) is 17.7 Å². The lowest BCUT2D eigenvalue weighted by atomic mass is 9.77. The molecule has 3 amide bonds. The van der Waals surface area contributed by atoms with Crippen LogP contribution in [0.5, 0.6) is 0 Å². The van der Waals surface area contributed by atoms with Crippen LogP contribution in [0.1, 0.15) is 53.0 Å². The third-order valence-corrected chi connectivity index (χ3v) is 8.65. The summed E-state index contributed by atoms with van der Waals surface area (Å²) in [6, 6.07) is 5.23. The number of aliphatic hydroxyl groups excluding tert-OH is 1. The average molecular weight is 646 g/mol. The summed E-state index contributed by atoms with van der Waals surface area (Å²) in [6.07, 6.45) is -9.12. The fourth-order valence-corrected chi connectivity index (χ4v) is 6.30. The molecule has 2 heterocycles. The van der Waals surface area contributed by atoms with Crippen LogP contribution in [0.2, 0.25) is 0 Å². The van der Waals surface area contributed by atoms with Crippen molar-refractivity contribution in [1.29, 1.82) is 0 Å². The molecular weight excluding hydrogens is 611 g/mol. The maximum absolute atomic E-state index is 14.0. The van der Waals surface area contributed by atoms with Crippen LogP contribution in [0.3, 0.4) is 0 Å². The Hall–Kier alpha value is -3.68. The lowest BCUT2D eigenvalue weighted by molar-refractivity contribution is -0.145. The molecule has 1 N–H and O–H groups in total. The van der Waals surface area contributed by atoms with Gasteiger partial charge in [0.15, 0.2) is 0 Å². The molecule has 2 aromatic rings. The minimum absolute atomic E-state index is 0.0275. The van der Waals surface area contributed by atoms with E-state index in [4.69, 9.17) is 5.11 Å². The maximum atomic E-state index is 14.0. The Morgan fingerprint density at radius 2 is 1.47 bits per heavy atom. The van der Waals surface area contributed by atoms with Crippen molar-refractivity contribution in [3.63, 3.8) is 0 Å². The molecule has 14 heteroatoms. The molecule has 2 aliphatic rings. The van der Waals surface area contributed by atoms with Crippen molar-refractivity contribution >= 4 is 17.7 Å². The zero-order chi connectivity index (χ0) is 33.3. The van der Waals surface area contributed by atoms with Gasteiger partial charge in [-0.3, -0.25) is 14.4 Å². The maximum Gasteiger partial charge on any atom is 0.416 e. The molecule has 246 valence electrons. The number of halogens is 7. The van der Waals surface area contributed by atoms with E-state index in [1.165, 1.54) is 30.1 Å². The first-order valence-corrected chi connectivity index (χ1v) is 14.5. The van der Waals surface area contributed by atoms with Crippen molar-refractivity contribution in [1.82, 2.24) is 14.7 Å². The van der Waals surface area contributed by atoms with Gasteiger partial charge in [-0.2, -0.15) is 26.3 Å². The summed E-state index contributed by atoms with van der Waals surface area (Å²) < 4.78 is 94.4. The monoisotopic (exact) mass is 645 g/mol. The van der Waals surface area contributed by atoms with Crippen LogP contribution in [0.4, 0.5) is 30.7 Å². The van der Waals surface area contributed by atoms with Crippen molar-refractivity contribution in [2.45, 2.75) is 51.0 Å². The van der Waals surface area contributed by atoms with E-state index in [2.05, 4.69) is 0 Å². The van der Waals surface area contributed by atoms with E-state index in [1.807, 2.05) is 0 Å². The van der Waals surface area contributed by atoms with Gasteiger partial charge < -0.3 is 19.8 Å². The first kappa shape index (κ1) is 34.2. The largest absolute Gasteiger partial charge is 0.416 e. The number of nitrogens with zero attached hydrogens (tertiary/aromatic N) is 3. The third kappa shape index (κ3) is 7.95. The highest BCUT2D eigenvalue weighted by molar-refractivity contribution is 5.83. The van der Waals surface area contributed by atoms with Crippen molar-refractivity contribution in [3.05, 3.63) is 70.0 Å². The second kappa shape index (κ2) is 13.4. The number of aryl methyl sites for hydroxylation is 1. The van der Waals surface area contributed by atoms with Crippen LogP contribution in [-0.2, 0) is 33.3 Å². The number of hydrogen-bond donors (Lipinski definition) is 1. The van der Waals surface area contributed by atoms with E-state index in [0.29, 0.717) is 49.2 Å². The van der Waals surface area contributed by atoms with E-state index < -0.39 is 66.1 Å². The molecule has 2 aliphatic heterocycles. The van der Waals surface area contributed by atoms with E-state index >= 15 is 0 Å². The fraction of sp³-hybridized carbons (Fsp3) is 0.516. The second-order valence-corrected chi connectivity index (χ2v) is 11.7. The molecule has 0 saturated carbocycles. The van der Waals surface area contributed by atoms with Crippen molar-refractivity contribution in [3.8, 4) is 0 Å². The summed E-state index contributed by atoms with van der Waals surface area (Å²) >= 11 is 0. The molecule has 0 spiro atoms. The van der Waals surface area contributed by atoms with Crippen LogP contribution in [0.15, 0.2) is 36.4 Å². The van der Waals surface area contributed by atoms with Gasteiger partial charge in [-0.25, -0.2) is 4.39 Å². The highest BCUT2D eigenvalue weighted by Gasteiger charge is 2.41. The fourth-order valence-electron chi connectivity index (χ4n) is 6.30. The smallest absolute Gasteiger partial charge is 0.387 e. The molecule has 2 atom stereocenters. The number of carbonyl (C=O) groups is 3. The minimum Gasteiger partial charge on any atom is -0.387 e. The van der Waals surface area contributed by atoms with Gasteiger partial charge in [0, 0.05) is 57.5 Å². The predicted octanol–water partition coefficient (Wildman–Crippen LogP) is 4.99. The number of hydrogen-bond acceptors (Lipinski definition) is 4. The number of piperidine rings is 2. The first-order valence-electron chi connectivity index (χ1n) is 14.5. The van der Waals surface area contributed by atoms with Gasteiger partial charge in [0.1, 0.15) is 12.4 Å². The molecule has 45 heavy (non-hydrogen) atoms. The van der Waals surface area contributed by atoms with Gasteiger partial charge >= 0.3 is 12.4 Å². The van der Waals surface area contributed by atoms with E-state index in [9.17, 15) is 45.1 Å². The molecule has 0 bridgehead atoms. The number of amides is 3. The molecule has 0 aliphatic carbocycles. The number of carbonyl (C=O) groups excluding carboxylic acids is 3. The summed E-state index contributed by atoms with van der Waals surface area (Å²) in [5, 5.41) is 9.11. The van der Waals surface area contributed by atoms with Crippen molar-refractivity contribution in [2.75, 3.05) is 39.8 Å². The lowest BCUT2D eigenvalue weighted by Gasteiger charge is -2.42. The van der Waals surface area contributed by atoms with Crippen LogP contribution in [0, 0.1) is 24.6 Å². The molecule has 2 saturated heterocycles. The SMILES string of the molecule is Cc1cc(F)ccc1[C@H]1CN(C(=O)C2CCN(C(=O)CO)CC2)CC[C@@H]1C(=O)N(C)Cc1cc(C(F)(F)F)cc(C(F)(F)F)c1. The van der Waals surface area contributed by atoms with E-state index in [0.717, 1.165) is 4.90 Å². The Morgan fingerprint density at radius 1 is 0.889 bits per heavy atom. The zero-order valence-electron chi connectivity index (χ0n) is 24.7. The average Bonchev–Trinajstić information content (AvgIpc) is 2.98. The second-order valence-electron chi connectivity index (χ2n) is 11.7. The Labute approximate surface area is 255 Å². The lowest BCUT2D eigenvalue weighted by Crippen LogP contribution is -2.51. The molecule has 4 rings (SSSR count). The van der Waals surface area contributed by atoms with Gasteiger partial charge in [0.05, 0.1) is 11.1 Å². The highest BCUT2D eigenvalue weighted by Crippen LogP contribution is 2.39. The molecule has 2 aromatic carbocycles. The molecule has 0 aromatic heterocycles. The summed E-state index contributed by atoms with van der Waals surface area (Å²) in [5.41, 5.74) is -2.18. The molecule has 0 unspecified atom stereocenters. The third-order valence-electron chi connectivity index (χ3n) is 8.65. The number of alkyl halides is 6. The Balaban J connectivity index is 1.56. The van der Waals surface area contributed by atoms with Gasteiger partial charge in [-0.1, -0.05) is 6.07 Å². The van der Waals surface area contributed by atoms with Crippen LogP contribution in [-0.4, -0.2) is 77.4 Å². The molecule has 2 fully saturated rings. The van der Waals surface area contributed by atoms with Gasteiger partial charge in [-0.05, 0) is 73.2 Å². The van der Waals surface area contributed by atoms with E-state index in [-0.39, 0.29) is 43.0 Å². The highest BCUT2D eigenvalue weighted by atomic mass is 19.4. The summed E-state index contributed by atoms with van der Waals surface area (Å²) in [6.45, 7) is 1.39.